The lowest BCUT2D eigenvalue weighted by Gasteiger charge is -2.18. The molecule has 0 radical (unpaired) electrons. The molecule has 6 heteroatoms. The van der Waals surface area contributed by atoms with E-state index in [1.165, 1.54) is 244 Å². The number of unbranched alkanes of at least 4 members (excludes halogenated alkanes) is 43. The minimum atomic E-state index is -0.766. The van der Waals surface area contributed by atoms with Crippen LogP contribution in [0.4, 0.5) is 0 Å². The van der Waals surface area contributed by atoms with Crippen LogP contribution in [0.3, 0.4) is 0 Å². The average Bonchev–Trinajstić information content (AvgIpc) is 3.33. The van der Waals surface area contributed by atoms with Crippen molar-refractivity contribution in [2.24, 2.45) is 0 Å². The molecule has 6 nitrogen and oxygen atoms in total. The summed E-state index contributed by atoms with van der Waals surface area (Å²) in [5, 5.41) is 0. The van der Waals surface area contributed by atoms with Gasteiger partial charge >= 0.3 is 17.9 Å². The van der Waals surface area contributed by atoms with Gasteiger partial charge in [0.25, 0.3) is 0 Å². The van der Waals surface area contributed by atoms with Crippen molar-refractivity contribution in [3.05, 3.63) is 12.2 Å². The van der Waals surface area contributed by atoms with Crippen LogP contribution in [0.2, 0.25) is 0 Å². The standard InChI is InChI=1S/C61H116O6/c1-4-7-10-13-16-19-22-24-26-28-30-31-33-34-36-39-42-45-48-51-54-60(63)66-57-58(56-65-59(62)53-50-47-44-41-38-21-18-15-12-9-6-3)67-61(64)55-52-49-46-43-40-37-35-32-29-27-25-23-20-17-14-11-8-5-2/h27,29,58H,4-26,28,30-57H2,1-3H3/b29-27-. The Kier molecular flexibility index (Phi) is 55.2. The first kappa shape index (κ1) is 65.1. The van der Waals surface area contributed by atoms with Crippen LogP contribution in [0, 0.1) is 0 Å². The van der Waals surface area contributed by atoms with Crippen LogP contribution in [-0.4, -0.2) is 37.2 Å². The first-order valence-electron chi connectivity index (χ1n) is 30.2. The van der Waals surface area contributed by atoms with Crippen molar-refractivity contribution in [1.82, 2.24) is 0 Å². The largest absolute Gasteiger partial charge is 0.462 e. The Morgan fingerprint density at radius 2 is 0.493 bits per heavy atom. The average molecular weight is 946 g/mol. The summed E-state index contributed by atoms with van der Waals surface area (Å²) in [4.78, 5) is 38.1. The van der Waals surface area contributed by atoms with Gasteiger partial charge in [-0.2, -0.15) is 0 Å². The first-order valence-corrected chi connectivity index (χ1v) is 30.2. The third kappa shape index (κ3) is 55.0. The molecule has 0 aromatic rings. The predicted octanol–water partition coefficient (Wildman–Crippen LogP) is 20.1. The Balaban J connectivity index is 4.25. The van der Waals surface area contributed by atoms with Gasteiger partial charge in [0.05, 0.1) is 0 Å². The zero-order chi connectivity index (χ0) is 48.6. The Labute approximate surface area is 418 Å². The molecule has 0 saturated carbocycles. The zero-order valence-electron chi connectivity index (χ0n) is 45.5. The summed E-state index contributed by atoms with van der Waals surface area (Å²) in [6.45, 7) is 6.69. The van der Waals surface area contributed by atoms with Crippen molar-refractivity contribution in [2.75, 3.05) is 13.2 Å². The fourth-order valence-electron chi connectivity index (χ4n) is 9.21. The van der Waals surface area contributed by atoms with E-state index < -0.39 is 6.10 Å². The van der Waals surface area contributed by atoms with Crippen molar-refractivity contribution in [3.8, 4) is 0 Å². The number of esters is 3. The van der Waals surface area contributed by atoms with Gasteiger partial charge in [0.15, 0.2) is 6.10 Å². The highest BCUT2D eigenvalue weighted by Gasteiger charge is 2.19. The van der Waals surface area contributed by atoms with Gasteiger partial charge in [0.1, 0.15) is 13.2 Å². The van der Waals surface area contributed by atoms with Crippen LogP contribution in [0.1, 0.15) is 342 Å². The van der Waals surface area contributed by atoms with E-state index in [9.17, 15) is 14.4 Å². The summed E-state index contributed by atoms with van der Waals surface area (Å²) in [7, 11) is 0. The van der Waals surface area contributed by atoms with E-state index in [1.807, 2.05) is 0 Å². The van der Waals surface area contributed by atoms with E-state index >= 15 is 0 Å². The lowest BCUT2D eigenvalue weighted by molar-refractivity contribution is -0.167. The van der Waals surface area contributed by atoms with E-state index in [0.29, 0.717) is 19.3 Å². The van der Waals surface area contributed by atoms with Crippen LogP contribution in [-0.2, 0) is 28.6 Å². The zero-order valence-corrected chi connectivity index (χ0v) is 45.5. The van der Waals surface area contributed by atoms with Gasteiger partial charge in [-0.3, -0.25) is 14.4 Å². The number of allylic oxidation sites excluding steroid dienone is 2. The third-order valence-corrected chi connectivity index (χ3v) is 13.8. The van der Waals surface area contributed by atoms with Crippen LogP contribution in [0.5, 0.6) is 0 Å². The molecule has 0 spiro atoms. The lowest BCUT2D eigenvalue weighted by Crippen LogP contribution is -2.30. The highest BCUT2D eigenvalue weighted by molar-refractivity contribution is 5.71. The van der Waals surface area contributed by atoms with Crippen LogP contribution in [0.15, 0.2) is 12.2 Å². The van der Waals surface area contributed by atoms with Gasteiger partial charge in [0.2, 0.25) is 0 Å². The summed E-state index contributed by atoms with van der Waals surface area (Å²) < 4.78 is 16.9. The maximum atomic E-state index is 12.9. The van der Waals surface area contributed by atoms with Crippen molar-refractivity contribution in [3.63, 3.8) is 0 Å². The highest BCUT2D eigenvalue weighted by atomic mass is 16.6. The highest BCUT2D eigenvalue weighted by Crippen LogP contribution is 2.17. The molecule has 0 fully saturated rings. The summed E-state index contributed by atoms with van der Waals surface area (Å²) in [6, 6.07) is 0. The Bertz CT molecular complexity index is 1040. The molecule has 0 rings (SSSR count). The number of ether oxygens (including phenoxy) is 3. The Hall–Kier alpha value is -1.85. The van der Waals surface area contributed by atoms with E-state index in [4.69, 9.17) is 14.2 Å². The van der Waals surface area contributed by atoms with Crippen molar-refractivity contribution in [1.29, 1.82) is 0 Å². The Morgan fingerprint density at radius 3 is 0.746 bits per heavy atom. The van der Waals surface area contributed by atoms with E-state index in [2.05, 4.69) is 32.9 Å². The molecule has 0 aliphatic rings. The molecule has 0 amide bonds. The number of hydrogen-bond acceptors (Lipinski definition) is 6. The maximum Gasteiger partial charge on any atom is 0.306 e. The maximum absolute atomic E-state index is 12.9. The molecule has 0 aliphatic carbocycles. The normalized spacial score (nSPS) is 12.0. The van der Waals surface area contributed by atoms with Gasteiger partial charge in [-0.15, -0.1) is 0 Å². The number of rotatable bonds is 56. The van der Waals surface area contributed by atoms with Crippen molar-refractivity contribution < 1.29 is 28.6 Å². The second-order valence-corrected chi connectivity index (χ2v) is 20.6. The van der Waals surface area contributed by atoms with Gasteiger partial charge < -0.3 is 14.2 Å². The van der Waals surface area contributed by atoms with Crippen LogP contribution < -0.4 is 0 Å². The van der Waals surface area contributed by atoms with Gasteiger partial charge in [-0.25, -0.2) is 0 Å². The van der Waals surface area contributed by atoms with Crippen LogP contribution in [0.25, 0.3) is 0 Å². The number of carbonyl (C=O) groups excluding carboxylic acids is 3. The second-order valence-electron chi connectivity index (χ2n) is 20.6. The molecule has 1 unspecified atom stereocenters. The summed E-state index contributed by atoms with van der Waals surface area (Å²) in [6.07, 6.45) is 65.0. The molecule has 1 atom stereocenters. The molecule has 0 bridgehead atoms. The summed E-state index contributed by atoms with van der Waals surface area (Å²) in [5.41, 5.74) is 0. The fraction of sp³-hybridized carbons (Fsp3) is 0.918. The second kappa shape index (κ2) is 56.7. The molecular formula is C61H116O6. The van der Waals surface area contributed by atoms with Gasteiger partial charge in [-0.05, 0) is 44.9 Å². The molecule has 0 aromatic carbocycles. The topological polar surface area (TPSA) is 78.9 Å². The van der Waals surface area contributed by atoms with E-state index in [1.54, 1.807) is 0 Å². The monoisotopic (exact) mass is 945 g/mol. The smallest absolute Gasteiger partial charge is 0.306 e. The quantitative estimate of drug-likeness (QED) is 0.0262. The van der Waals surface area contributed by atoms with Crippen molar-refractivity contribution in [2.45, 2.75) is 348 Å². The molecule has 0 aromatic heterocycles. The van der Waals surface area contributed by atoms with Crippen molar-refractivity contribution >= 4 is 17.9 Å². The minimum Gasteiger partial charge on any atom is -0.462 e. The summed E-state index contributed by atoms with van der Waals surface area (Å²) in [5.74, 6) is -0.845. The molecule has 396 valence electrons. The minimum absolute atomic E-state index is 0.0657. The molecule has 0 heterocycles. The molecule has 0 aliphatic heterocycles. The number of carbonyl (C=O) groups is 3. The van der Waals surface area contributed by atoms with Crippen LogP contribution >= 0.6 is 0 Å². The predicted molar refractivity (Wildman–Crippen MR) is 289 cm³/mol. The van der Waals surface area contributed by atoms with Gasteiger partial charge in [-0.1, -0.05) is 290 Å². The summed E-state index contributed by atoms with van der Waals surface area (Å²) >= 11 is 0. The first-order chi connectivity index (χ1) is 33.0. The third-order valence-electron chi connectivity index (χ3n) is 13.8. The molecule has 0 saturated heterocycles. The van der Waals surface area contributed by atoms with E-state index in [0.717, 1.165) is 57.8 Å². The molecule has 67 heavy (non-hydrogen) atoms. The number of hydrogen-bond donors (Lipinski definition) is 0. The molecule has 0 N–H and O–H groups in total. The Morgan fingerprint density at radius 1 is 0.284 bits per heavy atom. The lowest BCUT2D eigenvalue weighted by atomic mass is 10.0. The molecular weight excluding hydrogens is 829 g/mol. The fourth-order valence-corrected chi connectivity index (χ4v) is 9.21. The van der Waals surface area contributed by atoms with E-state index in [-0.39, 0.29) is 31.1 Å². The SMILES string of the molecule is CCCCCCCCC/C=C\CCCCCCCCCC(=O)OC(COC(=O)CCCCCCCCCCCCC)COC(=O)CCCCCCCCCCCCCCCCCCCCCC. The van der Waals surface area contributed by atoms with Gasteiger partial charge in [0, 0.05) is 19.3 Å².